The van der Waals surface area contributed by atoms with E-state index in [-0.39, 0.29) is 12.1 Å². The number of piperidine rings is 1. The zero-order chi connectivity index (χ0) is 15.9. The van der Waals surface area contributed by atoms with Gasteiger partial charge in [-0.2, -0.15) is 0 Å². The molecule has 2 atom stereocenters. The Labute approximate surface area is 128 Å². The number of nitrogens with zero attached hydrogens (tertiary/aromatic N) is 1. The minimum Gasteiger partial charge on any atom is -0.481 e. The van der Waals surface area contributed by atoms with E-state index in [2.05, 4.69) is 12.2 Å². The molecular formula is C16H30N2O3. The molecule has 0 saturated carbocycles. The van der Waals surface area contributed by atoms with Gasteiger partial charge in [-0.25, -0.2) is 4.79 Å². The van der Waals surface area contributed by atoms with E-state index in [9.17, 15) is 14.7 Å². The largest absolute Gasteiger partial charge is 0.481 e. The molecule has 2 amide bonds. The van der Waals surface area contributed by atoms with Gasteiger partial charge in [0.1, 0.15) is 0 Å². The van der Waals surface area contributed by atoms with Crippen molar-refractivity contribution in [3.63, 3.8) is 0 Å². The van der Waals surface area contributed by atoms with Crippen molar-refractivity contribution in [1.29, 1.82) is 0 Å². The molecule has 1 fully saturated rings. The molecule has 21 heavy (non-hydrogen) atoms. The fourth-order valence-corrected chi connectivity index (χ4v) is 2.84. The second kappa shape index (κ2) is 8.25. The number of amides is 2. The second-order valence-electron chi connectivity index (χ2n) is 6.59. The van der Waals surface area contributed by atoms with Crippen LogP contribution >= 0.6 is 0 Å². The van der Waals surface area contributed by atoms with Gasteiger partial charge in [0.05, 0.1) is 5.41 Å². The fourth-order valence-electron chi connectivity index (χ4n) is 2.84. The van der Waals surface area contributed by atoms with Crippen LogP contribution in [0.3, 0.4) is 0 Å². The van der Waals surface area contributed by atoms with Gasteiger partial charge in [0.25, 0.3) is 0 Å². The van der Waals surface area contributed by atoms with Gasteiger partial charge in [0.2, 0.25) is 0 Å². The van der Waals surface area contributed by atoms with Gasteiger partial charge in [-0.3, -0.25) is 4.79 Å². The van der Waals surface area contributed by atoms with E-state index in [1.165, 1.54) is 19.3 Å². The Balaban J connectivity index is 2.39. The Morgan fingerprint density at radius 3 is 2.67 bits per heavy atom. The van der Waals surface area contributed by atoms with Crippen LogP contribution < -0.4 is 5.32 Å². The van der Waals surface area contributed by atoms with Gasteiger partial charge in [0, 0.05) is 19.1 Å². The quantitative estimate of drug-likeness (QED) is 0.709. The van der Waals surface area contributed by atoms with Crippen LogP contribution in [0.1, 0.15) is 65.7 Å². The first kappa shape index (κ1) is 17.8. The molecule has 0 radical (unpaired) electrons. The molecular weight excluding hydrogens is 268 g/mol. The summed E-state index contributed by atoms with van der Waals surface area (Å²) in [6.45, 7) is 6.88. The lowest BCUT2D eigenvalue weighted by atomic mass is 9.82. The summed E-state index contributed by atoms with van der Waals surface area (Å²) in [7, 11) is 0. The van der Waals surface area contributed by atoms with E-state index < -0.39 is 11.4 Å². The van der Waals surface area contributed by atoms with Gasteiger partial charge >= 0.3 is 12.0 Å². The number of urea groups is 1. The number of rotatable bonds is 7. The molecule has 0 bridgehead atoms. The summed E-state index contributed by atoms with van der Waals surface area (Å²) >= 11 is 0. The summed E-state index contributed by atoms with van der Waals surface area (Å²) in [6.07, 6.45) is 7.15. The third kappa shape index (κ3) is 5.56. The van der Waals surface area contributed by atoms with E-state index in [0.29, 0.717) is 19.5 Å². The number of carbonyl (C=O) groups excluding carboxylic acids is 1. The molecule has 1 rings (SSSR count). The maximum atomic E-state index is 12.2. The monoisotopic (exact) mass is 298 g/mol. The van der Waals surface area contributed by atoms with Gasteiger partial charge < -0.3 is 15.3 Å². The number of nitrogens with one attached hydrogen (secondary N) is 1. The first-order valence-electron chi connectivity index (χ1n) is 8.18. The molecule has 0 aromatic heterocycles. The van der Waals surface area contributed by atoms with Crippen molar-refractivity contribution in [3.8, 4) is 0 Å². The number of likely N-dealkylation sites (tertiary alicyclic amines) is 1. The van der Waals surface area contributed by atoms with Crippen molar-refractivity contribution in [1.82, 2.24) is 10.2 Å². The van der Waals surface area contributed by atoms with E-state index in [1.807, 2.05) is 6.92 Å². The Morgan fingerprint density at radius 2 is 2.05 bits per heavy atom. The standard InChI is InChI=1S/C16H30N2O3/c1-4-5-6-7-9-13(2)17-15(21)18-11-8-10-16(3,12-18)14(19)20/h13H,4-12H2,1-3H3,(H,17,21)(H,19,20). The summed E-state index contributed by atoms with van der Waals surface area (Å²) in [6, 6.07) is 0.0255. The minimum atomic E-state index is -0.812. The maximum Gasteiger partial charge on any atom is 0.317 e. The van der Waals surface area contributed by atoms with Crippen molar-refractivity contribution in [2.45, 2.75) is 71.8 Å². The average Bonchev–Trinajstić information content (AvgIpc) is 2.43. The van der Waals surface area contributed by atoms with Gasteiger partial charge in [-0.15, -0.1) is 0 Å². The molecule has 1 aliphatic rings. The van der Waals surface area contributed by atoms with Crippen molar-refractivity contribution < 1.29 is 14.7 Å². The molecule has 0 aliphatic carbocycles. The molecule has 122 valence electrons. The third-order valence-corrected chi connectivity index (χ3v) is 4.36. The summed E-state index contributed by atoms with van der Waals surface area (Å²) < 4.78 is 0. The molecule has 0 aromatic rings. The zero-order valence-electron chi connectivity index (χ0n) is 13.7. The molecule has 5 nitrogen and oxygen atoms in total. The van der Waals surface area contributed by atoms with Crippen LogP contribution in [0.4, 0.5) is 4.79 Å². The highest BCUT2D eigenvalue weighted by Crippen LogP contribution is 2.29. The van der Waals surface area contributed by atoms with Crippen LogP contribution in [0.5, 0.6) is 0 Å². The minimum absolute atomic E-state index is 0.120. The SMILES string of the molecule is CCCCCCC(C)NC(=O)N1CCCC(C)(C(=O)O)C1. The molecule has 0 aromatic carbocycles. The zero-order valence-corrected chi connectivity index (χ0v) is 13.7. The third-order valence-electron chi connectivity index (χ3n) is 4.36. The first-order chi connectivity index (χ1) is 9.89. The van der Waals surface area contributed by atoms with Crippen molar-refractivity contribution >= 4 is 12.0 Å². The lowest BCUT2D eigenvalue weighted by molar-refractivity contribution is -0.150. The number of unbranched alkanes of at least 4 members (excludes halogenated alkanes) is 3. The number of aliphatic carboxylic acids is 1. The Morgan fingerprint density at radius 1 is 1.33 bits per heavy atom. The second-order valence-corrected chi connectivity index (χ2v) is 6.59. The predicted octanol–water partition coefficient (Wildman–Crippen LogP) is 3.24. The van der Waals surface area contributed by atoms with Gasteiger partial charge in [-0.1, -0.05) is 32.6 Å². The fraction of sp³-hybridized carbons (Fsp3) is 0.875. The molecule has 5 heteroatoms. The topological polar surface area (TPSA) is 69.6 Å². The molecule has 2 unspecified atom stereocenters. The van der Waals surface area contributed by atoms with Gasteiger partial charge in [-0.05, 0) is 33.1 Å². The Kier molecular flexibility index (Phi) is 6.99. The number of hydrogen-bond donors (Lipinski definition) is 2. The highest BCUT2D eigenvalue weighted by molar-refractivity contribution is 5.78. The maximum absolute atomic E-state index is 12.2. The molecule has 1 heterocycles. The summed E-state index contributed by atoms with van der Waals surface area (Å²) in [5.74, 6) is -0.812. The van der Waals surface area contributed by atoms with Crippen LogP contribution in [-0.2, 0) is 4.79 Å². The van der Waals surface area contributed by atoms with E-state index in [1.54, 1.807) is 11.8 Å². The van der Waals surface area contributed by atoms with Crippen molar-refractivity contribution in [2.75, 3.05) is 13.1 Å². The van der Waals surface area contributed by atoms with E-state index in [4.69, 9.17) is 0 Å². The lowest BCUT2D eigenvalue weighted by Gasteiger charge is -2.37. The summed E-state index contributed by atoms with van der Waals surface area (Å²) in [4.78, 5) is 25.2. The van der Waals surface area contributed by atoms with E-state index in [0.717, 1.165) is 19.3 Å². The van der Waals surface area contributed by atoms with Gasteiger partial charge in [0.15, 0.2) is 0 Å². The summed E-state index contributed by atoms with van der Waals surface area (Å²) in [5, 5.41) is 12.3. The smallest absolute Gasteiger partial charge is 0.317 e. The van der Waals surface area contributed by atoms with E-state index >= 15 is 0 Å². The first-order valence-corrected chi connectivity index (χ1v) is 8.18. The Hall–Kier alpha value is -1.26. The van der Waals surface area contributed by atoms with Crippen LogP contribution in [0.25, 0.3) is 0 Å². The average molecular weight is 298 g/mol. The normalized spacial score (nSPS) is 23.7. The molecule has 1 aliphatic heterocycles. The number of carboxylic acid groups (broad SMARTS) is 1. The van der Waals surface area contributed by atoms with Crippen LogP contribution in [0.2, 0.25) is 0 Å². The highest BCUT2D eigenvalue weighted by atomic mass is 16.4. The summed E-state index contributed by atoms with van der Waals surface area (Å²) in [5.41, 5.74) is -0.806. The van der Waals surface area contributed by atoms with Crippen LogP contribution in [-0.4, -0.2) is 41.1 Å². The van der Waals surface area contributed by atoms with Crippen molar-refractivity contribution in [3.05, 3.63) is 0 Å². The molecule has 1 saturated heterocycles. The predicted molar refractivity (Wildman–Crippen MR) is 83.3 cm³/mol. The molecule has 0 spiro atoms. The lowest BCUT2D eigenvalue weighted by Crippen LogP contribution is -2.52. The van der Waals surface area contributed by atoms with Crippen LogP contribution in [0, 0.1) is 5.41 Å². The number of carboxylic acids is 1. The Bertz CT molecular complexity index is 359. The van der Waals surface area contributed by atoms with Crippen LogP contribution in [0.15, 0.2) is 0 Å². The van der Waals surface area contributed by atoms with Crippen molar-refractivity contribution in [2.24, 2.45) is 5.41 Å². The number of carbonyl (C=O) groups is 2. The molecule has 2 N–H and O–H groups in total. The highest BCUT2D eigenvalue weighted by Gasteiger charge is 2.39. The number of hydrogen-bond acceptors (Lipinski definition) is 2.